The van der Waals surface area contributed by atoms with Gasteiger partial charge in [-0.1, -0.05) is 13.0 Å². The SMILES string of the molecule is COc1ccc2c(c1)C1(C)CC3C(C(C)(C)O)CC1C(C2)N3C. The Balaban J connectivity index is 1.80. The van der Waals surface area contributed by atoms with Gasteiger partial charge < -0.3 is 9.84 Å². The number of nitrogens with zero attached hydrogens (tertiary/aromatic N) is 1. The Hall–Kier alpha value is -1.06. The molecule has 0 aromatic heterocycles. The summed E-state index contributed by atoms with van der Waals surface area (Å²) in [5.41, 5.74) is 2.60. The number of methoxy groups -OCH3 is 1. The standard InChI is InChI=1S/C20H29NO2/c1-19(2,22)15-10-16-17-8-12-6-7-13(23-5)9-14(12)20(16,3)11-18(15)21(17)4/h6-7,9,15-18,22H,8,10-11H2,1-5H3. The van der Waals surface area contributed by atoms with Crippen LogP contribution >= 0.6 is 0 Å². The first kappa shape index (κ1) is 15.5. The van der Waals surface area contributed by atoms with Gasteiger partial charge in [-0.2, -0.15) is 0 Å². The molecule has 5 unspecified atom stereocenters. The van der Waals surface area contributed by atoms with Crippen LogP contribution in [0.5, 0.6) is 5.75 Å². The fourth-order valence-electron chi connectivity index (χ4n) is 5.93. The summed E-state index contributed by atoms with van der Waals surface area (Å²) in [5.74, 6) is 1.96. The van der Waals surface area contributed by atoms with E-state index in [9.17, 15) is 5.11 Å². The van der Waals surface area contributed by atoms with Gasteiger partial charge in [-0.25, -0.2) is 0 Å². The smallest absolute Gasteiger partial charge is 0.119 e. The van der Waals surface area contributed by atoms with Gasteiger partial charge in [-0.05, 0) is 74.8 Å². The third-order valence-electron chi connectivity index (χ3n) is 7.20. The summed E-state index contributed by atoms with van der Waals surface area (Å²) in [6, 6.07) is 7.71. The van der Waals surface area contributed by atoms with Crippen molar-refractivity contribution in [1.82, 2.24) is 4.90 Å². The fraction of sp³-hybridized carbons (Fsp3) is 0.700. The lowest BCUT2D eigenvalue weighted by Crippen LogP contribution is -2.70. The average molecular weight is 315 g/mol. The molecule has 126 valence electrons. The van der Waals surface area contributed by atoms with Crippen LogP contribution in [-0.4, -0.2) is 41.8 Å². The van der Waals surface area contributed by atoms with E-state index in [1.165, 1.54) is 11.1 Å². The molecule has 0 radical (unpaired) electrons. The van der Waals surface area contributed by atoms with Crippen molar-refractivity contribution < 1.29 is 9.84 Å². The molecule has 23 heavy (non-hydrogen) atoms. The van der Waals surface area contributed by atoms with E-state index < -0.39 is 5.60 Å². The Bertz CT molecular complexity index is 635. The minimum Gasteiger partial charge on any atom is -0.497 e. The topological polar surface area (TPSA) is 32.7 Å². The number of fused-ring (bicyclic) bond motifs is 2. The highest BCUT2D eigenvalue weighted by Gasteiger charge is 2.60. The van der Waals surface area contributed by atoms with Crippen molar-refractivity contribution in [2.45, 2.75) is 63.1 Å². The van der Waals surface area contributed by atoms with Gasteiger partial charge in [0.15, 0.2) is 0 Å². The normalized spacial score (nSPS) is 39.2. The second-order valence-electron chi connectivity index (χ2n) is 8.75. The van der Waals surface area contributed by atoms with Crippen molar-refractivity contribution in [2.24, 2.45) is 11.8 Å². The minimum absolute atomic E-state index is 0.214. The summed E-state index contributed by atoms with van der Waals surface area (Å²) >= 11 is 0. The van der Waals surface area contributed by atoms with Gasteiger partial charge in [0, 0.05) is 18.0 Å². The zero-order valence-corrected chi connectivity index (χ0v) is 15.0. The molecule has 0 spiro atoms. The van der Waals surface area contributed by atoms with Gasteiger partial charge in [0.1, 0.15) is 5.75 Å². The quantitative estimate of drug-likeness (QED) is 0.911. The minimum atomic E-state index is -0.597. The zero-order chi connectivity index (χ0) is 16.6. The number of aliphatic hydroxyl groups is 1. The monoisotopic (exact) mass is 315 g/mol. The number of rotatable bonds is 2. The molecule has 1 N–H and O–H groups in total. The van der Waals surface area contributed by atoms with E-state index in [1.807, 2.05) is 13.8 Å². The molecule has 2 heterocycles. The lowest BCUT2D eigenvalue weighted by molar-refractivity contribution is -0.143. The van der Waals surface area contributed by atoms with Crippen molar-refractivity contribution in [3.05, 3.63) is 29.3 Å². The predicted molar refractivity (Wildman–Crippen MR) is 91.9 cm³/mol. The largest absolute Gasteiger partial charge is 0.497 e. The molecule has 0 amide bonds. The molecule has 1 aromatic carbocycles. The first-order valence-corrected chi connectivity index (χ1v) is 8.87. The van der Waals surface area contributed by atoms with Crippen LogP contribution in [0.2, 0.25) is 0 Å². The van der Waals surface area contributed by atoms with E-state index >= 15 is 0 Å². The van der Waals surface area contributed by atoms with Crippen LogP contribution in [0.25, 0.3) is 0 Å². The lowest BCUT2D eigenvalue weighted by Gasteiger charge is -2.65. The molecule has 4 aliphatic rings. The van der Waals surface area contributed by atoms with Crippen LogP contribution in [0.4, 0.5) is 0 Å². The van der Waals surface area contributed by atoms with Crippen molar-refractivity contribution in [3.63, 3.8) is 0 Å². The van der Waals surface area contributed by atoms with Crippen LogP contribution < -0.4 is 4.74 Å². The predicted octanol–water partition coefficient (Wildman–Crippen LogP) is 2.99. The van der Waals surface area contributed by atoms with Crippen LogP contribution in [0.1, 0.15) is 44.7 Å². The summed E-state index contributed by atoms with van der Waals surface area (Å²) in [5, 5.41) is 10.7. The number of ether oxygens (including phenoxy) is 1. The fourth-order valence-corrected chi connectivity index (χ4v) is 5.93. The molecule has 4 bridgehead atoms. The Morgan fingerprint density at radius 1 is 1.30 bits per heavy atom. The van der Waals surface area contributed by atoms with E-state index in [0.717, 1.165) is 25.0 Å². The van der Waals surface area contributed by atoms with E-state index in [2.05, 4.69) is 37.1 Å². The Morgan fingerprint density at radius 3 is 2.70 bits per heavy atom. The maximum absolute atomic E-state index is 10.7. The van der Waals surface area contributed by atoms with Crippen LogP contribution in [0.3, 0.4) is 0 Å². The number of piperidine rings is 2. The Morgan fingerprint density at radius 2 is 2.04 bits per heavy atom. The molecular weight excluding hydrogens is 286 g/mol. The molecular formula is C20H29NO2. The summed E-state index contributed by atoms with van der Waals surface area (Å²) < 4.78 is 5.49. The van der Waals surface area contributed by atoms with Gasteiger partial charge in [0.25, 0.3) is 0 Å². The average Bonchev–Trinajstić information content (AvgIpc) is 2.49. The van der Waals surface area contributed by atoms with E-state index in [0.29, 0.717) is 23.9 Å². The number of likely N-dealkylation sites (N-methyl/N-ethyl adjacent to an activating group) is 1. The van der Waals surface area contributed by atoms with Crippen LogP contribution in [0.15, 0.2) is 18.2 Å². The third-order valence-corrected chi connectivity index (χ3v) is 7.20. The van der Waals surface area contributed by atoms with Gasteiger partial charge >= 0.3 is 0 Å². The van der Waals surface area contributed by atoms with Gasteiger partial charge in [0.2, 0.25) is 0 Å². The molecule has 2 aliphatic carbocycles. The maximum atomic E-state index is 10.7. The Labute approximate surface area is 139 Å². The summed E-state index contributed by atoms with van der Waals surface area (Å²) in [6.07, 6.45) is 3.40. The lowest BCUT2D eigenvalue weighted by atomic mass is 9.48. The molecule has 5 rings (SSSR count). The highest BCUT2D eigenvalue weighted by molar-refractivity contribution is 5.46. The van der Waals surface area contributed by atoms with Gasteiger partial charge in [-0.3, -0.25) is 4.90 Å². The molecule has 3 nitrogen and oxygen atoms in total. The summed E-state index contributed by atoms with van der Waals surface area (Å²) in [4.78, 5) is 2.58. The molecule has 2 saturated heterocycles. The molecule has 5 atom stereocenters. The van der Waals surface area contributed by atoms with Crippen molar-refractivity contribution in [1.29, 1.82) is 0 Å². The van der Waals surface area contributed by atoms with Gasteiger partial charge in [0.05, 0.1) is 12.7 Å². The number of benzene rings is 1. The maximum Gasteiger partial charge on any atom is 0.119 e. The third kappa shape index (κ3) is 2.02. The molecule has 2 aliphatic heterocycles. The second-order valence-corrected chi connectivity index (χ2v) is 8.75. The van der Waals surface area contributed by atoms with Crippen molar-refractivity contribution in [2.75, 3.05) is 14.2 Å². The van der Waals surface area contributed by atoms with Crippen molar-refractivity contribution >= 4 is 0 Å². The first-order valence-electron chi connectivity index (χ1n) is 8.87. The van der Waals surface area contributed by atoms with E-state index in [-0.39, 0.29) is 5.41 Å². The van der Waals surface area contributed by atoms with E-state index in [4.69, 9.17) is 4.74 Å². The first-order chi connectivity index (χ1) is 10.8. The number of hydrogen-bond acceptors (Lipinski definition) is 3. The summed E-state index contributed by atoms with van der Waals surface area (Å²) in [6.45, 7) is 6.42. The Kier molecular flexibility index (Phi) is 3.18. The molecule has 3 heteroatoms. The zero-order valence-electron chi connectivity index (χ0n) is 15.0. The highest BCUT2D eigenvalue weighted by atomic mass is 16.5. The summed E-state index contributed by atoms with van der Waals surface area (Å²) in [7, 11) is 4.02. The number of hydrogen-bond donors (Lipinski definition) is 1. The second kappa shape index (κ2) is 4.73. The molecule has 3 fully saturated rings. The molecule has 1 saturated carbocycles. The van der Waals surface area contributed by atoms with E-state index in [1.54, 1.807) is 7.11 Å². The van der Waals surface area contributed by atoms with Crippen LogP contribution in [0, 0.1) is 11.8 Å². The van der Waals surface area contributed by atoms with Crippen LogP contribution in [-0.2, 0) is 11.8 Å². The molecule has 1 aromatic rings. The van der Waals surface area contributed by atoms with Gasteiger partial charge in [-0.15, -0.1) is 0 Å². The highest BCUT2D eigenvalue weighted by Crippen LogP contribution is 2.59. The van der Waals surface area contributed by atoms with Crippen molar-refractivity contribution in [3.8, 4) is 5.75 Å².